The number of carbonyl (C=O) groups excluding carboxylic acids is 1. The number of rotatable bonds is 8. The SMILES string of the molecule is CCCNC(=O)c1cc(NCCC2=CCCCC2)nc(-c2ccccc2)n1. The number of aromatic nitrogens is 2. The summed E-state index contributed by atoms with van der Waals surface area (Å²) in [6.07, 6.45) is 9.27. The van der Waals surface area contributed by atoms with Crippen LogP contribution in [0.1, 0.15) is 55.9 Å². The van der Waals surface area contributed by atoms with Crippen LogP contribution in [0.3, 0.4) is 0 Å². The first-order valence-electron chi connectivity index (χ1n) is 9.90. The molecule has 1 aromatic heterocycles. The summed E-state index contributed by atoms with van der Waals surface area (Å²) in [5.74, 6) is 1.11. The number of allylic oxidation sites excluding steroid dienone is 1. The molecule has 0 aliphatic heterocycles. The number of nitrogens with zero attached hydrogens (tertiary/aromatic N) is 2. The molecule has 1 aromatic carbocycles. The predicted molar refractivity (Wildman–Crippen MR) is 110 cm³/mol. The lowest BCUT2D eigenvalue weighted by molar-refractivity contribution is 0.0948. The van der Waals surface area contributed by atoms with Crippen LogP contribution in [0.15, 0.2) is 48.0 Å². The van der Waals surface area contributed by atoms with Crippen molar-refractivity contribution in [2.75, 3.05) is 18.4 Å². The third kappa shape index (κ3) is 5.64. The van der Waals surface area contributed by atoms with Crippen molar-refractivity contribution in [1.29, 1.82) is 0 Å². The topological polar surface area (TPSA) is 66.9 Å². The molecule has 5 nitrogen and oxygen atoms in total. The van der Waals surface area contributed by atoms with Crippen LogP contribution in [0, 0.1) is 0 Å². The van der Waals surface area contributed by atoms with E-state index in [-0.39, 0.29) is 5.91 Å². The van der Waals surface area contributed by atoms with Gasteiger partial charge < -0.3 is 10.6 Å². The molecule has 1 aliphatic carbocycles. The summed E-state index contributed by atoms with van der Waals surface area (Å²) in [5, 5.41) is 6.28. The summed E-state index contributed by atoms with van der Waals surface area (Å²) < 4.78 is 0. The molecule has 5 heteroatoms. The number of hydrogen-bond acceptors (Lipinski definition) is 4. The van der Waals surface area contributed by atoms with Gasteiger partial charge in [0.2, 0.25) is 0 Å². The summed E-state index contributed by atoms with van der Waals surface area (Å²) in [4.78, 5) is 21.5. The Bertz CT molecular complexity index is 786. The van der Waals surface area contributed by atoms with Gasteiger partial charge in [-0.15, -0.1) is 0 Å². The minimum atomic E-state index is -0.158. The number of amides is 1. The smallest absolute Gasteiger partial charge is 0.270 e. The maximum Gasteiger partial charge on any atom is 0.270 e. The van der Waals surface area contributed by atoms with Gasteiger partial charge in [-0.25, -0.2) is 9.97 Å². The van der Waals surface area contributed by atoms with E-state index in [0.717, 1.165) is 24.9 Å². The highest BCUT2D eigenvalue weighted by molar-refractivity contribution is 5.93. The van der Waals surface area contributed by atoms with Crippen molar-refractivity contribution in [1.82, 2.24) is 15.3 Å². The Morgan fingerprint density at radius 1 is 1.11 bits per heavy atom. The monoisotopic (exact) mass is 364 g/mol. The number of benzene rings is 1. The molecule has 0 atom stereocenters. The van der Waals surface area contributed by atoms with E-state index in [4.69, 9.17) is 0 Å². The van der Waals surface area contributed by atoms with Crippen LogP contribution in [0.4, 0.5) is 5.82 Å². The van der Waals surface area contributed by atoms with Gasteiger partial charge in [0.05, 0.1) is 0 Å². The molecule has 1 aliphatic rings. The molecular formula is C22H28N4O. The summed E-state index contributed by atoms with van der Waals surface area (Å²) in [6.45, 7) is 3.48. The largest absolute Gasteiger partial charge is 0.370 e. The van der Waals surface area contributed by atoms with Crippen molar-refractivity contribution in [3.05, 3.63) is 53.7 Å². The van der Waals surface area contributed by atoms with Crippen LogP contribution >= 0.6 is 0 Å². The highest BCUT2D eigenvalue weighted by Crippen LogP contribution is 2.21. The molecule has 0 saturated heterocycles. The van der Waals surface area contributed by atoms with Gasteiger partial charge in [0.25, 0.3) is 5.91 Å². The zero-order valence-electron chi connectivity index (χ0n) is 16.0. The van der Waals surface area contributed by atoms with E-state index in [0.29, 0.717) is 23.9 Å². The van der Waals surface area contributed by atoms with Crippen LogP contribution in [-0.4, -0.2) is 29.0 Å². The van der Waals surface area contributed by atoms with E-state index in [2.05, 4.69) is 26.7 Å². The first-order valence-corrected chi connectivity index (χ1v) is 9.90. The Morgan fingerprint density at radius 2 is 1.96 bits per heavy atom. The highest BCUT2D eigenvalue weighted by atomic mass is 16.1. The Balaban J connectivity index is 1.76. The minimum absolute atomic E-state index is 0.158. The van der Waals surface area contributed by atoms with E-state index in [9.17, 15) is 4.79 Å². The molecule has 0 saturated carbocycles. The molecular weight excluding hydrogens is 336 g/mol. The van der Waals surface area contributed by atoms with Gasteiger partial charge in [-0.3, -0.25) is 4.79 Å². The van der Waals surface area contributed by atoms with Crippen molar-refractivity contribution >= 4 is 11.7 Å². The van der Waals surface area contributed by atoms with E-state index >= 15 is 0 Å². The van der Waals surface area contributed by atoms with Gasteiger partial charge in [-0.05, 0) is 38.5 Å². The molecule has 27 heavy (non-hydrogen) atoms. The Hall–Kier alpha value is -2.69. The lowest BCUT2D eigenvalue weighted by Gasteiger charge is -2.14. The van der Waals surface area contributed by atoms with Gasteiger partial charge in [0, 0.05) is 24.7 Å². The third-order valence-corrected chi connectivity index (χ3v) is 4.66. The predicted octanol–water partition coefficient (Wildman–Crippen LogP) is 4.59. The Kier molecular flexibility index (Phi) is 6.97. The zero-order chi connectivity index (χ0) is 18.9. The first kappa shape index (κ1) is 19.1. The van der Waals surface area contributed by atoms with E-state index in [1.54, 1.807) is 6.07 Å². The van der Waals surface area contributed by atoms with Crippen molar-refractivity contribution in [3.8, 4) is 11.4 Å². The summed E-state index contributed by atoms with van der Waals surface area (Å²) in [5.41, 5.74) is 2.82. The van der Waals surface area contributed by atoms with E-state index in [1.807, 2.05) is 37.3 Å². The van der Waals surface area contributed by atoms with Crippen molar-refractivity contribution in [2.45, 2.75) is 45.4 Å². The Morgan fingerprint density at radius 3 is 2.70 bits per heavy atom. The molecule has 2 N–H and O–H groups in total. The molecule has 0 fully saturated rings. The van der Waals surface area contributed by atoms with Gasteiger partial charge in [-0.1, -0.05) is 48.9 Å². The second kappa shape index (κ2) is 9.86. The van der Waals surface area contributed by atoms with Crippen molar-refractivity contribution in [2.24, 2.45) is 0 Å². The van der Waals surface area contributed by atoms with Crippen molar-refractivity contribution < 1.29 is 4.79 Å². The molecule has 0 radical (unpaired) electrons. The van der Waals surface area contributed by atoms with Crippen LogP contribution in [0.5, 0.6) is 0 Å². The highest BCUT2D eigenvalue weighted by Gasteiger charge is 2.13. The average Bonchev–Trinajstić information content (AvgIpc) is 2.73. The fourth-order valence-electron chi connectivity index (χ4n) is 3.18. The molecule has 2 aromatic rings. The average molecular weight is 364 g/mol. The zero-order valence-corrected chi connectivity index (χ0v) is 16.0. The van der Waals surface area contributed by atoms with Crippen LogP contribution in [0.2, 0.25) is 0 Å². The number of nitrogens with one attached hydrogen (secondary N) is 2. The maximum atomic E-state index is 12.4. The standard InChI is InChI=1S/C22H28N4O/c1-2-14-24-22(27)19-16-20(23-15-13-17-9-5-3-6-10-17)26-21(25-19)18-11-7-4-8-12-18/h4,7-9,11-12,16H,2-3,5-6,10,13-15H2,1H3,(H,24,27)(H,23,25,26). The normalized spacial score (nSPS) is 13.7. The van der Waals surface area contributed by atoms with Gasteiger partial charge in [0.1, 0.15) is 11.5 Å². The minimum Gasteiger partial charge on any atom is -0.370 e. The fourth-order valence-corrected chi connectivity index (χ4v) is 3.18. The lowest BCUT2D eigenvalue weighted by Crippen LogP contribution is -2.25. The molecule has 0 unspecified atom stereocenters. The third-order valence-electron chi connectivity index (χ3n) is 4.66. The Labute approximate surface area is 161 Å². The van der Waals surface area contributed by atoms with E-state index in [1.165, 1.54) is 31.3 Å². The molecule has 142 valence electrons. The van der Waals surface area contributed by atoms with Gasteiger partial charge in [-0.2, -0.15) is 0 Å². The van der Waals surface area contributed by atoms with E-state index < -0.39 is 0 Å². The fraction of sp³-hybridized carbons (Fsp3) is 0.409. The molecule has 3 rings (SSSR count). The molecule has 0 spiro atoms. The lowest BCUT2D eigenvalue weighted by atomic mass is 9.97. The first-order chi connectivity index (χ1) is 13.3. The summed E-state index contributed by atoms with van der Waals surface area (Å²) in [6, 6.07) is 11.5. The number of anilines is 1. The van der Waals surface area contributed by atoms with Crippen LogP contribution in [-0.2, 0) is 0 Å². The molecule has 1 heterocycles. The molecule has 0 bridgehead atoms. The van der Waals surface area contributed by atoms with Crippen LogP contribution < -0.4 is 10.6 Å². The number of carbonyl (C=O) groups is 1. The second-order valence-electron chi connectivity index (χ2n) is 6.87. The summed E-state index contributed by atoms with van der Waals surface area (Å²) in [7, 11) is 0. The molecule has 1 amide bonds. The van der Waals surface area contributed by atoms with Crippen molar-refractivity contribution in [3.63, 3.8) is 0 Å². The number of hydrogen-bond donors (Lipinski definition) is 2. The van der Waals surface area contributed by atoms with Gasteiger partial charge >= 0.3 is 0 Å². The quantitative estimate of drug-likeness (QED) is 0.673. The maximum absolute atomic E-state index is 12.4. The van der Waals surface area contributed by atoms with Gasteiger partial charge in [0.15, 0.2) is 5.82 Å². The summed E-state index contributed by atoms with van der Waals surface area (Å²) >= 11 is 0. The van der Waals surface area contributed by atoms with Crippen LogP contribution in [0.25, 0.3) is 11.4 Å². The second-order valence-corrected chi connectivity index (χ2v) is 6.87.